The number of aliphatic hydroxyl groups is 1. The van der Waals surface area contributed by atoms with Crippen LogP contribution in [0.5, 0.6) is 0 Å². The molecule has 0 aliphatic carbocycles. The minimum atomic E-state index is -0.457. The minimum Gasteiger partial charge on any atom is -0.391 e. The molecule has 0 aliphatic heterocycles. The Morgan fingerprint density at radius 1 is 1.59 bits per heavy atom. The summed E-state index contributed by atoms with van der Waals surface area (Å²) in [7, 11) is 0. The Labute approximate surface area is 109 Å². The van der Waals surface area contributed by atoms with Crippen molar-refractivity contribution in [3.8, 4) is 0 Å². The zero-order chi connectivity index (χ0) is 13.1. The zero-order valence-electron chi connectivity index (χ0n) is 10.2. The van der Waals surface area contributed by atoms with Crippen LogP contribution in [-0.4, -0.2) is 28.0 Å². The first-order valence-corrected chi connectivity index (χ1v) is 6.24. The summed E-state index contributed by atoms with van der Waals surface area (Å²) in [6.45, 7) is 6.60. The lowest BCUT2D eigenvalue weighted by Gasteiger charge is -2.22. The number of aliphatic hydroxyl groups excluding tert-OH is 1. The van der Waals surface area contributed by atoms with Crippen molar-refractivity contribution >= 4 is 21.6 Å². The number of hydrogen-bond donors (Lipinski definition) is 3. The largest absolute Gasteiger partial charge is 0.391 e. The molecule has 6 heteroatoms. The van der Waals surface area contributed by atoms with Crippen LogP contribution in [0.2, 0.25) is 0 Å². The maximum Gasteiger partial charge on any atom is 0.280 e. The van der Waals surface area contributed by atoms with Crippen LogP contribution in [0.15, 0.2) is 15.5 Å². The van der Waals surface area contributed by atoms with Gasteiger partial charge in [-0.3, -0.25) is 4.79 Å². The van der Waals surface area contributed by atoms with Gasteiger partial charge < -0.3 is 10.4 Å². The molecule has 0 saturated heterocycles. The third kappa shape index (κ3) is 4.87. The van der Waals surface area contributed by atoms with Crippen LogP contribution >= 0.6 is 15.9 Å². The number of aromatic nitrogens is 2. The summed E-state index contributed by atoms with van der Waals surface area (Å²) < 4.78 is 0.399. The predicted molar refractivity (Wildman–Crippen MR) is 71.1 cm³/mol. The number of aromatic amines is 1. The number of rotatable bonds is 4. The summed E-state index contributed by atoms with van der Waals surface area (Å²) >= 11 is 3.16. The normalized spacial score (nSPS) is 13.5. The lowest BCUT2D eigenvalue weighted by Crippen LogP contribution is -2.26. The van der Waals surface area contributed by atoms with Gasteiger partial charge in [0.25, 0.3) is 5.56 Å². The van der Waals surface area contributed by atoms with Crippen LogP contribution in [0.3, 0.4) is 0 Å². The Kier molecular flexibility index (Phi) is 4.70. The van der Waals surface area contributed by atoms with E-state index in [2.05, 4.69) is 52.2 Å². The van der Waals surface area contributed by atoms with Crippen molar-refractivity contribution in [2.75, 3.05) is 11.9 Å². The maximum absolute atomic E-state index is 11.2. The van der Waals surface area contributed by atoms with E-state index < -0.39 is 6.10 Å². The van der Waals surface area contributed by atoms with E-state index in [9.17, 15) is 9.90 Å². The van der Waals surface area contributed by atoms with Crippen LogP contribution in [0.1, 0.15) is 27.2 Å². The van der Waals surface area contributed by atoms with Gasteiger partial charge in [0.1, 0.15) is 4.47 Å². The van der Waals surface area contributed by atoms with Gasteiger partial charge in [-0.2, -0.15) is 5.10 Å². The van der Waals surface area contributed by atoms with Gasteiger partial charge in [0, 0.05) is 6.54 Å². The second-order valence-electron chi connectivity index (χ2n) is 5.23. The summed E-state index contributed by atoms with van der Waals surface area (Å²) in [5, 5.41) is 18.8. The SMILES string of the molecule is CC(C)(C)CC(O)CNc1cn[nH]c(=O)c1Br. The molecule has 0 fully saturated rings. The standard InChI is InChI=1S/C11H18BrN3O2/c1-11(2,3)4-7(16)5-13-8-6-14-15-10(17)9(8)12/h6-7,16H,4-5H2,1-3H3,(H2,13,15,17). The van der Waals surface area contributed by atoms with Gasteiger partial charge in [-0.25, -0.2) is 5.10 Å². The minimum absolute atomic E-state index is 0.0741. The second kappa shape index (κ2) is 5.64. The molecule has 0 spiro atoms. The van der Waals surface area contributed by atoms with Crippen LogP contribution in [0.25, 0.3) is 0 Å². The molecule has 1 unspecified atom stereocenters. The molecule has 0 radical (unpaired) electrons. The van der Waals surface area contributed by atoms with Crippen LogP contribution in [-0.2, 0) is 0 Å². The number of nitrogens with zero attached hydrogens (tertiary/aromatic N) is 1. The number of halogens is 1. The molecule has 96 valence electrons. The van der Waals surface area contributed by atoms with E-state index in [0.29, 0.717) is 23.1 Å². The fraction of sp³-hybridized carbons (Fsp3) is 0.636. The van der Waals surface area contributed by atoms with Crippen molar-refractivity contribution in [2.45, 2.75) is 33.3 Å². The van der Waals surface area contributed by atoms with Gasteiger partial charge >= 0.3 is 0 Å². The quantitative estimate of drug-likeness (QED) is 0.792. The van der Waals surface area contributed by atoms with Gasteiger partial charge in [0.15, 0.2) is 0 Å². The van der Waals surface area contributed by atoms with E-state index in [4.69, 9.17) is 0 Å². The third-order valence-electron chi connectivity index (χ3n) is 2.17. The predicted octanol–water partition coefficient (Wildman–Crippen LogP) is 1.74. The molecule has 1 atom stereocenters. The molecule has 1 aromatic heterocycles. The molecular weight excluding hydrogens is 286 g/mol. The summed E-state index contributed by atoms with van der Waals surface area (Å²) in [6, 6.07) is 0. The molecule has 0 amide bonds. The molecule has 5 nitrogen and oxygen atoms in total. The zero-order valence-corrected chi connectivity index (χ0v) is 11.8. The average molecular weight is 304 g/mol. The van der Waals surface area contributed by atoms with Crippen LogP contribution in [0.4, 0.5) is 5.69 Å². The van der Waals surface area contributed by atoms with E-state index >= 15 is 0 Å². The highest BCUT2D eigenvalue weighted by atomic mass is 79.9. The van der Waals surface area contributed by atoms with Crippen LogP contribution in [0, 0.1) is 5.41 Å². The number of anilines is 1. The van der Waals surface area contributed by atoms with E-state index in [1.54, 1.807) is 0 Å². The highest BCUT2D eigenvalue weighted by Gasteiger charge is 2.16. The Morgan fingerprint density at radius 3 is 2.82 bits per heavy atom. The van der Waals surface area contributed by atoms with Gasteiger partial charge in [-0.05, 0) is 27.8 Å². The summed E-state index contributed by atoms with van der Waals surface area (Å²) in [5.74, 6) is 0. The topological polar surface area (TPSA) is 78.0 Å². The molecule has 0 bridgehead atoms. The fourth-order valence-corrected chi connectivity index (χ4v) is 1.84. The van der Waals surface area contributed by atoms with E-state index in [1.807, 2.05) is 0 Å². The first-order valence-electron chi connectivity index (χ1n) is 5.45. The Hall–Kier alpha value is -0.880. The van der Waals surface area contributed by atoms with Gasteiger partial charge in [-0.15, -0.1) is 0 Å². The summed E-state index contributed by atoms with van der Waals surface area (Å²) in [4.78, 5) is 11.2. The van der Waals surface area contributed by atoms with Crippen molar-refractivity contribution in [1.82, 2.24) is 10.2 Å². The van der Waals surface area contributed by atoms with Crippen molar-refractivity contribution in [1.29, 1.82) is 0 Å². The van der Waals surface area contributed by atoms with Gasteiger partial charge in [-0.1, -0.05) is 20.8 Å². The van der Waals surface area contributed by atoms with Gasteiger partial charge in [0.2, 0.25) is 0 Å². The Bertz CT molecular complexity index is 425. The van der Waals surface area contributed by atoms with Crippen molar-refractivity contribution in [3.63, 3.8) is 0 Å². The summed E-state index contributed by atoms with van der Waals surface area (Å²) in [5.41, 5.74) is 0.368. The monoisotopic (exact) mass is 303 g/mol. The first-order chi connectivity index (χ1) is 7.79. The third-order valence-corrected chi connectivity index (χ3v) is 2.96. The molecule has 17 heavy (non-hydrogen) atoms. The molecule has 0 saturated carbocycles. The maximum atomic E-state index is 11.2. The first kappa shape index (κ1) is 14.2. The lowest BCUT2D eigenvalue weighted by atomic mass is 9.89. The number of hydrogen-bond acceptors (Lipinski definition) is 4. The summed E-state index contributed by atoms with van der Waals surface area (Å²) in [6.07, 6.45) is 1.74. The molecule has 1 heterocycles. The molecule has 0 aromatic carbocycles. The van der Waals surface area contributed by atoms with E-state index in [1.165, 1.54) is 6.20 Å². The Balaban J connectivity index is 2.56. The molecule has 1 aromatic rings. The molecule has 0 aliphatic rings. The highest BCUT2D eigenvalue weighted by Crippen LogP contribution is 2.21. The fourth-order valence-electron chi connectivity index (χ4n) is 1.51. The van der Waals surface area contributed by atoms with E-state index in [-0.39, 0.29) is 11.0 Å². The van der Waals surface area contributed by atoms with Crippen LogP contribution < -0.4 is 10.9 Å². The molecule has 1 rings (SSSR count). The highest BCUT2D eigenvalue weighted by molar-refractivity contribution is 9.10. The lowest BCUT2D eigenvalue weighted by molar-refractivity contribution is 0.132. The number of nitrogens with one attached hydrogen (secondary N) is 2. The van der Waals surface area contributed by atoms with Crippen molar-refractivity contribution in [2.24, 2.45) is 5.41 Å². The van der Waals surface area contributed by atoms with Crippen molar-refractivity contribution < 1.29 is 5.11 Å². The van der Waals surface area contributed by atoms with E-state index in [0.717, 1.165) is 0 Å². The second-order valence-corrected chi connectivity index (χ2v) is 6.02. The Morgan fingerprint density at radius 2 is 2.24 bits per heavy atom. The smallest absolute Gasteiger partial charge is 0.280 e. The molecular formula is C11H18BrN3O2. The molecule has 3 N–H and O–H groups in total. The average Bonchev–Trinajstić information content (AvgIpc) is 2.18. The number of H-pyrrole nitrogens is 1. The van der Waals surface area contributed by atoms with Crippen molar-refractivity contribution in [3.05, 3.63) is 21.0 Å². The van der Waals surface area contributed by atoms with Gasteiger partial charge in [0.05, 0.1) is 18.0 Å².